The molecule has 0 spiro atoms. The normalized spacial score (nSPS) is 27.8. The number of nitrogens with one attached hydrogen (secondary N) is 1. The molecule has 0 saturated carbocycles. The summed E-state index contributed by atoms with van der Waals surface area (Å²) in [5.74, 6) is -0.172. The summed E-state index contributed by atoms with van der Waals surface area (Å²) >= 11 is 3.38. The predicted molar refractivity (Wildman–Crippen MR) is 85.3 cm³/mol. The second-order valence-corrected chi connectivity index (χ2v) is 6.91. The van der Waals surface area contributed by atoms with Gasteiger partial charge >= 0.3 is 0 Å². The topological polar surface area (TPSA) is 15.3 Å². The van der Waals surface area contributed by atoms with E-state index in [0.29, 0.717) is 6.04 Å². The second kappa shape index (κ2) is 6.54. The zero-order valence-electron chi connectivity index (χ0n) is 12.5. The molecule has 0 amide bonds. The highest BCUT2D eigenvalue weighted by Gasteiger charge is 2.35. The summed E-state index contributed by atoms with van der Waals surface area (Å²) in [5.41, 5.74) is 1.18. The van der Waals surface area contributed by atoms with Crippen molar-refractivity contribution >= 4 is 15.9 Å². The first-order chi connectivity index (χ1) is 9.46. The third kappa shape index (κ3) is 3.60. The van der Waals surface area contributed by atoms with Crippen LogP contribution in [0.2, 0.25) is 0 Å². The summed E-state index contributed by atoms with van der Waals surface area (Å²) in [5, 5.41) is 3.62. The van der Waals surface area contributed by atoms with Crippen LogP contribution in [-0.4, -0.2) is 29.6 Å². The van der Waals surface area contributed by atoms with Gasteiger partial charge in [0.05, 0.1) is 0 Å². The van der Waals surface area contributed by atoms with E-state index >= 15 is 0 Å². The lowest BCUT2D eigenvalue weighted by atomic mass is 9.91. The van der Waals surface area contributed by atoms with Crippen molar-refractivity contribution in [2.24, 2.45) is 0 Å². The molecule has 20 heavy (non-hydrogen) atoms. The molecule has 4 heteroatoms. The average Bonchev–Trinajstić information content (AvgIpc) is 2.40. The molecule has 2 nitrogen and oxygen atoms in total. The van der Waals surface area contributed by atoms with Gasteiger partial charge in [0.25, 0.3) is 0 Å². The lowest BCUT2D eigenvalue weighted by Gasteiger charge is -2.48. The molecule has 1 N–H and O–H groups in total. The first-order valence-corrected chi connectivity index (χ1v) is 8.19. The fraction of sp³-hybridized carbons (Fsp3) is 0.625. The van der Waals surface area contributed by atoms with Gasteiger partial charge in [-0.2, -0.15) is 0 Å². The van der Waals surface area contributed by atoms with Crippen molar-refractivity contribution in [1.82, 2.24) is 10.2 Å². The van der Waals surface area contributed by atoms with Crippen LogP contribution in [-0.2, 0) is 6.54 Å². The molecule has 0 aromatic heterocycles. The highest BCUT2D eigenvalue weighted by atomic mass is 79.9. The van der Waals surface area contributed by atoms with Crippen molar-refractivity contribution < 1.29 is 4.39 Å². The summed E-state index contributed by atoms with van der Waals surface area (Å²) in [7, 11) is 0. The molecule has 1 aromatic rings. The average molecular weight is 343 g/mol. The standard InChI is InChI=1S/C16H24BrFN2/c1-4-15-10-20(16(3,5-2)11-19-15)9-12-6-13(17)8-14(18)7-12/h6-8,15,19H,4-5,9-11H2,1-3H3. The molecule has 112 valence electrons. The summed E-state index contributed by atoms with van der Waals surface area (Å²) < 4.78 is 14.4. The molecule has 0 bridgehead atoms. The largest absolute Gasteiger partial charge is 0.311 e. The molecule has 1 aliphatic heterocycles. The Kier molecular flexibility index (Phi) is 5.21. The summed E-state index contributed by atoms with van der Waals surface area (Å²) in [4.78, 5) is 2.50. The van der Waals surface area contributed by atoms with Crippen LogP contribution in [0.5, 0.6) is 0 Å². The van der Waals surface area contributed by atoms with Crippen LogP contribution in [0.25, 0.3) is 0 Å². The number of benzene rings is 1. The third-order valence-electron chi connectivity index (χ3n) is 4.53. The van der Waals surface area contributed by atoms with Gasteiger partial charge in [0.15, 0.2) is 0 Å². The summed E-state index contributed by atoms with van der Waals surface area (Å²) in [6.07, 6.45) is 2.22. The summed E-state index contributed by atoms with van der Waals surface area (Å²) in [6, 6.07) is 5.70. The zero-order chi connectivity index (χ0) is 14.8. The van der Waals surface area contributed by atoms with Gasteiger partial charge in [-0.15, -0.1) is 0 Å². The van der Waals surface area contributed by atoms with Gasteiger partial charge in [0.1, 0.15) is 5.82 Å². The van der Waals surface area contributed by atoms with Crippen LogP contribution in [0.3, 0.4) is 0 Å². The molecule has 1 heterocycles. The number of piperazine rings is 1. The van der Waals surface area contributed by atoms with Gasteiger partial charge in [-0.1, -0.05) is 29.8 Å². The monoisotopic (exact) mass is 342 g/mol. The van der Waals surface area contributed by atoms with Crippen molar-refractivity contribution in [2.75, 3.05) is 13.1 Å². The zero-order valence-corrected chi connectivity index (χ0v) is 14.1. The number of rotatable bonds is 4. The molecule has 1 fully saturated rings. The van der Waals surface area contributed by atoms with Crippen molar-refractivity contribution in [3.63, 3.8) is 0 Å². The van der Waals surface area contributed by atoms with Crippen LogP contribution in [0.4, 0.5) is 4.39 Å². The van der Waals surface area contributed by atoms with E-state index in [1.807, 2.05) is 6.07 Å². The Morgan fingerprint density at radius 3 is 2.75 bits per heavy atom. The van der Waals surface area contributed by atoms with Gasteiger partial charge < -0.3 is 5.32 Å². The second-order valence-electron chi connectivity index (χ2n) is 5.99. The molecular formula is C16H24BrFN2. The van der Waals surface area contributed by atoms with Crippen LogP contribution in [0, 0.1) is 5.82 Å². The first kappa shape index (κ1) is 15.9. The van der Waals surface area contributed by atoms with Crippen LogP contribution >= 0.6 is 15.9 Å². The summed E-state index contributed by atoms with van der Waals surface area (Å²) in [6.45, 7) is 9.55. The van der Waals surface area contributed by atoms with E-state index in [1.165, 1.54) is 6.07 Å². The van der Waals surface area contributed by atoms with Gasteiger partial charge in [-0.3, -0.25) is 4.90 Å². The Morgan fingerprint density at radius 1 is 1.40 bits per heavy atom. The maximum Gasteiger partial charge on any atom is 0.124 e. The molecule has 0 radical (unpaired) electrons. The Morgan fingerprint density at radius 2 is 2.15 bits per heavy atom. The molecule has 1 aromatic carbocycles. The maximum absolute atomic E-state index is 13.5. The molecular weight excluding hydrogens is 319 g/mol. The molecule has 2 atom stereocenters. The lowest BCUT2D eigenvalue weighted by Crippen LogP contribution is -2.62. The number of halogens is 2. The van der Waals surface area contributed by atoms with E-state index < -0.39 is 0 Å². The molecule has 2 unspecified atom stereocenters. The van der Waals surface area contributed by atoms with Crippen LogP contribution in [0.15, 0.2) is 22.7 Å². The van der Waals surface area contributed by atoms with Crippen LogP contribution in [0.1, 0.15) is 39.2 Å². The van der Waals surface area contributed by atoms with E-state index in [1.54, 1.807) is 6.07 Å². The number of hydrogen-bond acceptors (Lipinski definition) is 2. The van der Waals surface area contributed by atoms with E-state index in [2.05, 4.69) is 46.9 Å². The van der Waals surface area contributed by atoms with Crippen molar-refractivity contribution in [3.8, 4) is 0 Å². The highest BCUT2D eigenvalue weighted by molar-refractivity contribution is 9.10. The Bertz CT molecular complexity index is 446. The fourth-order valence-electron chi connectivity index (χ4n) is 2.83. The minimum absolute atomic E-state index is 0.143. The van der Waals surface area contributed by atoms with Gasteiger partial charge in [0, 0.05) is 35.7 Å². The third-order valence-corrected chi connectivity index (χ3v) is 4.98. The van der Waals surface area contributed by atoms with Gasteiger partial charge in [0.2, 0.25) is 0 Å². The molecule has 0 aliphatic carbocycles. The number of nitrogens with zero attached hydrogens (tertiary/aromatic N) is 1. The highest BCUT2D eigenvalue weighted by Crippen LogP contribution is 2.26. The first-order valence-electron chi connectivity index (χ1n) is 7.40. The van der Waals surface area contributed by atoms with E-state index in [0.717, 1.165) is 42.5 Å². The minimum atomic E-state index is -0.172. The SMILES string of the molecule is CCC1CN(Cc2cc(F)cc(Br)c2)C(C)(CC)CN1. The molecule has 1 aliphatic rings. The quantitative estimate of drug-likeness (QED) is 0.891. The predicted octanol–water partition coefficient (Wildman–Crippen LogP) is 3.94. The minimum Gasteiger partial charge on any atom is -0.311 e. The Hall–Kier alpha value is -0.450. The molecule has 1 saturated heterocycles. The van der Waals surface area contributed by atoms with Crippen LogP contribution < -0.4 is 5.32 Å². The van der Waals surface area contributed by atoms with E-state index in [4.69, 9.17) is 0 Å². The molecule has 2 rings (SSSR count). The Balaban J connectivity index is 2.18. The van der Waals surface area contributed by atoms with Gasteiger partial charge in [-0.25, -0.2) is 4.39 Å². The fourth-order valence-corrected chi connectivity index (χ4v) is 3.34. The van der Waals surface area contributed by atoms with Crippen molar-refractivity contribution in [3.05, 3.63) is 34.1 Å². The van der Waals surface area contributed by atoms with Crippen molar-refractivity contribution in [1.29, 1.82) is 0 Å². The smallest absolute Gasteiger partial charge is 0.124 e. The van der Waals surface area contributed by atoms with E-state index in [9.17, 15) is 4.39 Å². The van der Waals surface area contributed by atoms with Crippen molar-refractivity contribution in [2.45, 2.75) is 51.7 Å². The number of hydrogen-bond donors (Lipinski definition) is 1. The Labute approximate surface area is 129 Å². The lowest BCUT2D eigenvalue weighted by molar-refractivity contribution is 0.0407. The van der Waals surface area contributed by atoms with Gasteiger partial charge in [-0.05, 0) is 43.5 Å². The maximum atomic E-state index is 13.5. The van der Waals surface area contributed by atoms with E-state index in [-0.39, 0.29) is 11.4 Å².